The third-order valence-electron chi connectivity index (χ3n) is 7.83. The van der Waals surface area contributed by atoms with E-state index in [2.05, 4.69) is 22.1 Å². The molecule has 1 aliphatic carbocycles. The van der Waals surface area contributed by atoms with Crippen LogP contribution in [0.2, 0.25) is 0 Å². The highest BCUT2D eigenvalue weighted by Gasteiger charge is 2.31. The monoisotopic (exact) mass is 604 g/mol. The normalized spacial score (nSPS) is 20.2. The smallest absolute Gasteiger partial charge is 0.406 e. The summed E-state index contributed by atoms with van der Waals surface area (Å²) in [5, 5.41) is 4.28. The fourth-order valence-electron chi connectivity index (χ4n) is 5.74. The van der Waals surface area contributed by atoms with E-state index in [0.717, 1.165) is 63.9 Å². The van der Waals surface area contributed by atoms with E-state index in [-0.39, 0.29) is 34.7 Å². The van der Waals surface area contributed by atoms with Crippen LogP contribution in [0.1, 0.15) is 31.4 Å². The van der Waals surface area contributed by atoms with Gasteiger partial charge in [-0.1, -0.05) is 12.0 Å². The van der Waals surface area contributed by atoms with Crippen LogP contribution in [0.3, 0.4) is 0 Å². The number of ether oxygens (including phenoxy) is 2. The lowest BCUT2D eigenvalue weighted by Gasteiger charge is -2.39. The SMILES string of the molecule is CS(=O)(=O)c1ccc(OCC#Cc2cc3c(NC4CCC(N5CCOCC5)CC4)cccc3n2CC(F)(F)F)c(N)c1. The van der Waals surface area contributed by atoms with Crippen LogP contribution in [0.4, 0.5) is 24.5 Å². The van der Waals surface area contributed by atoms with Crippen LogP contribution < -0.4 is 15.8 Å². The van der Waals surface area contributed by atoms with E-state index in [0.29, 0.717) is 16.9 Å². The number of sulfone groups is 1. The number of benzene rings is 2. The van der Waals surface area contributed by atoms with Crippen LogP contribution >= 0.6 is 0 Å². The van der Waals surface area contributed by atoms with E-state index in [1.54, 1.807) is 18.2 Å². The molecule has 1 saturated carbocycles. The van der Waals surface area contributed by atoms with Gasteiger partial charge in [-0.3, -0.25) is 4.90 Å². The average molecular weight is 605 g/mol. The van der Waals surface area contributed by atoms with Crippen molar-refractivity contribution in [3.05, 3.63) is 48.2 Å². The first-order valence-electron chi connectivity index (χ1n) is 14.0. The number of hydrogen-bond acceptors (Lipinski definition) is 7. The quantitative estimate of drug-likeness (QED) is 0.299. The van der Waals surface area contributed by atoms with Gasteiger partial charge in [0.2, 0.25) is 0 Å². The van der Waals surface area contributed by atoms with E-state index in [1.165, 1.54) is 22.8 Å². The molecule has 5 rings (SSSR count). The van der Waals surface area contributed by atoms with E-state index in [9.17, 15) is 21.6 Å². The molecule has 3 aromatic rings. The molecule has 0 unspecified atom stereocenters. The number of hydrogen-bond donors (Lipinski definition) is 2. The number of fused-ring (bicyclic) bond motifs is 1. The zero-order chi connectivity index (χ0) is 29.9. The first-order chi connectivity index (χ1) is 20.0. The molecular formula is C30H35F3N4O4S. The van der Waals surface area contributed by atoms with Gasteiger partial charge in [-0.15, -0.1) is 0 Å². The summed E-state index contributed by atoms with van der Waals surface area (Å²) in [6, 6.07) is 11.9. The molecule has 0 bridgehead atoms. The third kappa shape index (κ3) is 7.32. The van der Waals surface area contributed by atoms with Crippen LogP contribution in [-0.2, 0) is 21.1 Å². The van der Waals surface area contributed by atoms with Crippen molar-refractivity contribution in [2.24, 2.45) is 0 Å². The third-order valence-corrected chi connectivity index (χ3v) is 8.94. The number of rotatable bonds is 7. The highest BCUT2D eigenvalue weighted by molar-refractivity contribution is 7.90. The Morgan fingerprint density at radius 1 is 1.10 bits per heavy atom. The van der Waals surface area contributed by atoms with Gasteiger partial charge in [0.1, 0.15) is 18.9 Å². The van der Waals surface area contributed by atoms with Crippen LogP contribution in [-0.4, -0.2) is 75.3 Å². The molecule has 2 aromatic carbocycles. The minimum Gasteiger partial charge on any atom is -0.479 e. The molecule has 2 heterocycles. The maximum Gasteiger partial charge on any atom is 0.406 e. The van der Waals surface area contributed by atoms with E-state index in [1.807, 2.05) is 6.07 Å². The first kappa shape index (κ1) is 30.1. The topological polar surface area (TPSA) is 98.8 Å². The second kappa shape index (κ2) is 12.5. The Morgan fingerprint density at radius 3 is 2.50 bits per heavy atom. The molecule has 3 N–H and O–H groups in total. The summed E-state index contributed by atoms with van der Waals surface area (Å²) in [5.41, 5.74) is 7.50. The van der Waals surface area contributed by atoms with Gasteiger partial charge in [0.05, 0.1) is 35.0 Å². The lowest BCUT2D eigenvalue weighted by atomic mass is 9.89. The fourth-order valence-corrected chi connectivity index (χ4v) is 6.40. The lowest BCUT2D eigenvalue weighted by molar-refractivity contribution is -0.140. The maximum absolute atomic E-state index is 13.6. The molecule has 0 atom stereocenters. The van der Waals surface area contributed by atoms with Crippen molar-refractivity contribution in [1.82, 2.24) is 9.47 Å². The van der Waals surface area contributed by atoms with E-state index >= 15 is 0 Å². The zero-order valence-corrected chi connectivity index (χ0v) is 24.2. The van der Waals surface area contributed by atoms with E-state index in [4.69, 9.17) is 15.2 Å². The minimum absolute atomic E-state index is 0.0599. The molecule has 2 fully saturated rings. The number of nitrogens with two attached hydrogens (primary N) is 1. The number of morpholine rings is 1. The van der Waals surface area contributed by atoms with Crippen LogP contribution in [0.5, 0.6) is 5.75 Å². The number of nitrogens with zero attached hydrogens (tertiary/aromatic N) is 2. The Kier molecular flexibility index (Phi) is 8.92. The number of aromatic nitrogens is 1. The second-order valence-electron chi connectivity index (χ2n) is 10.8. The molecule has 2 aliphatic rings. The molecule has 1 saturated heterocycles. The molecule has 12 heteroatoms. The molecule has 1 aromatic heterocycles. The van der Waals surface area contributed by atoms with Crippen molar-refractivity contribution in [3.63, 3.8) is 0 Å². The number of nitrogens with one attached hydrogen (secondary N) is 1. The maximum atomic E-state index is 13.6. The van der Waals surface area contributed by atoms with Gasteiger partial charge >= 0.3 is 6.18 Å². The summed E-state index contributed by atoms with van der Waals surface area (Å²) >= 11 is 0. The van der Waals surface area contributed by atoms with Crippen molar-refractivity contribution in [1.29, 1.82) is 0 Å². The van der Waals surface area contributed by atoms with Crippen LogP contribution in [0.25, 0.3) is 10.9 Å². The predicted molar refractivity (Wildman–Crippen MR) is 156 cm³/mol. The Labute approximate surface area is 243 Å². The largest absolute Gasteiger partial charge is 0.479 e. The highest BCUT2D eigenvalue weighted by Crippen LogP contribution is 2.33. The lowest BCUT2D eigenvalue weighted by Crippen LogP contribution is -2.46. The number of anilines is 2. The van der Waals surface area contributed by atoms with Gasteiger partial charge in [0.25, 0.3) is 0 Å². The summed E-state index contributed by atoms with van der Waals surface area (Å²) in [5.74, 6) is 5.85. The Morgan fingerprint density at radius 2 is 1.83 bits per heavy atom. The fraction of sp³-hybridized carbons (Fsp3) is 0.467. The van der Waals surface area contributed by atoms with Crippen LogP contribution in [0, 0.1) is 11.8 Å². The summed E-state index contributed by atoms with van der Waals surface area (Å²) in [6.07, 6.45) is 0.754. The molecule has 0 amide bonds. The first-order valence-corrected chi connectivity index (χ1v) is 15.9. The summed E-state index contributed by atoms with van der Waals surface area (Å²) < 4.78 is 76.4. The Bertz CT molecular complexity index is 1580. The van der Waals surface area contributed by atoms with Gasteiger partial charge in [-0.2, -0.15) is 13.2 Å². The molecule has 42 heavy (non-hydrogen) atoms. The molecule has 0 radical (unpaired) electrons. The number of halogens is 3. The second-order valence-corrected chi connectivity index (χ2v) is 12.8. The molecule has 0 spiro atoms. The number of nitrogen functional groups attached to an aromatic ring is 1. The number of alkyl halides is 3. The van der Waals surface area contributed by atoms with Crippen molar-refractivity contribution in [2.75, 3.05) is 50.2 Å². The Balaban J connectivity index is 1.32. The van der Waals surface area contributed by atoms with Crippen LogP contribution in [0.15, 0.2) is 47.4 Å². The summed E-state index contributed by atoms with van der Waals surface area (Å²) in [7, 11) is -3.43. The molecule has 1 aliphatic heterocycles. The summed E-state index contributed by atoms with van der Waals surface area (Å²) in [4.78, 5) is 2.57. The molecule has 8 nitrogen and oxygen atoms in total. The summed E-state index contributed by atoms with van der Waals surface area (Å²) in [6.45, 7) is 2.17. The molecular weight excluding hydrogens is 569 g/mol. The van der Waals surface area contributed by atoms with Crippen molar-refractivity contribution < 1.29 is 31.1 Å². The van der Waals surface area contributed by atoms with Gasteiger partial charge in [0, 0.05) is 42.5 Å². The standard InChI is InChI=1S/C30H35F3N4O4S/c1-42(38,39)24-11-12-29(26(34)19-24)41-15-3-4-23-18-25-27(5-2-6-28(25)37(23)20-30(31,32)33)35-21-7-9-22(10-8-21)36-13-16-40-17-14-36/h2,5-6,11-12,18-19,21-22,35H,7-10,13-17,20,34H2,1H3. The van der Waals surface area contributed by atoms with E-state index < -0.39 is 22.6 Å². The van der Waals surface area contributed by atoms with Gasteiger partial charge < -0.3 is 25.1 Å². The average Bonchev–Trinajstić information content (AvgIpc) is 3.28. The predicted octanol–water partition coefficient (Wildman–Crippen LogP) is 4.68. The highest BCUT2D eigenvalue weighted by atomic mass is 32.2. The zero-order valence-electron chi connectivity index (χ0n) is 23.4. The van der Waals surface area contributed by atoms with Crippen molar-refractivity contribution in [3.8, 4) is 17.6 Å². The van der Waals surface area contributed by atoms with Gasteiger partial charge in [0.15, 0.2) is 9.84 Å². The van der Waals surface area contributed by atoms with Gasteiger partial charge in [-0.25, -0.2) is 8.42 Å². The van der Waals surface area contributed by atoms with Gasteiger partial charge in [-0.05, 0) is 68.0 Å². The van der Waals surface area contributed by atoms with Crippen molar-refractivity contribution >= 4 is 32.1 Å². The minimum atomic E-state index is -4.43. The Hall–Kier alpha value is -3.40. The molecule has 226 valence electrons. The van der Waals surface area contributed by atoms with Crippen molar-refractivity contribution in [2.45, 2.75) is 55.4 Å².